The van der Waals surface area contributed by atoms with Gasteiger partial charge in [0.25, 0.3) is 5.91 Å². The number of rotatable bonds is 4. The van der Waals surface area contributed by atoms with Crippen LogP contribution >= 0.6 is 22.9 Å². The fraction of sp³-hybridized carbons (Fsp3) is 0.263. The van der Waals surface area contributed by atoms with Gasteiger partial charge in [-0.2, -0.15) is 0 Å². The average Bonchev–Trinajstić information content (AvgIpc) is 3.29. The third-order valence-electron chi connectivity index (χ3n) is 4.32. The molecular formula is C19H16ClFN2O2S. The molecule has 4 rings (SSSR count). The van der Waals surface area contributed by atoms with Crippen LogP contribution in [0, 0.1) is 5.82 Å². The molecule has 0 saturated carbocycles. The second kappa shape index (κ2) is 7.31. The van der Waals surface area contributed by atoms with Crippen molar-refractivity contribution in [2.24, 2.45) is 0 Å². The molecule has 1 saturated heterocycles. The van der Waals surface area contributed by atoms with E-state index in [4.69, 9.17) is 16.3 Å². The van der Waals surface area contributed by atoms with Gasteiger partial charge in [-0.05, 0) is 43.2 Å². The number of aromatic nitrogens is 1. The molecule has 134 valence electrons. The van der Waals surface area contributed by atoms with Gasteiger partial charge in [0, 0.05) is 12.2 Å². The molecule has 0 N–H and O–H groups in total. The number of halogens is 2. The Morgan fingerprint density at radius 3 is 2.92 bits per heavy atom. The van der Waals surface area contributed by atoms with E-state index in [1.807, 2.05) is 12.1 Å². The van der Waals surface area contributed by atoms with E-state index in [0.29, 0.717) is 28.8 Å². The Morgan fingerprint density at radius 1 is 1.35 bits per heavy atom. The van der Waals surface area contributed by atoms with Crippen molar-refractivity contribution in [2.75, 3.05) is 18.1 Å². The highest BCUT2D eigenvalue weighted by molar-refractivity contribution is 7.22. The Morgan fingerprint density at radius 2 is 2.19 bits per heavy atom. The smallest absolute Gasteiger partial charge is 0.260 e. The lowest BCUT2D eigenvalue weighted by Crippen LogP contribution is -2.37. The van der Waals surface area contributed by atoms with Crippen LogP contribution in [0.25, 0.3) is 10.2 Å². The number of para-hydroxylation sites is 1. The molecule has 0 radical (unpaired) electrons. The number of amides is 1. The third-order valence-corrected chi connectivity index (χ3v) is 5.66. The molecule has 0 aliphatic carbocycles. The quantitative estimate of drug-likeness (QED) is 0.635. The predicted molar refractivity (Wildman–Crippen MR) is 102 cm³/mol. The summed E-state index contributed by atoms with van der Waals surface area (Å²) < 4.78 is 20.2. The second-order valence-electron chi connectivity index (χ2n) is 6.14. The predicted octanol–water partition coefficient (Wildman–Crippen LogP) is 4.91. The number of hydrogen-bond acceptors (Lipinski definition) is 4. The van der Waals surface area contributed by atoms with E-state index >= 15 is 0 Å². The normalized spacial score (nSPS) is 16.9. The fourth-order valence-electron chi connectivity index (χ4n) is 3.04. The Hall–Kier alpha value is -2.02. The molecule has 26 heavy (non-hydrogen) atoms. The van der Waals surface area contributed by atoms with Crippen LogP contribution in [0.15, 0.2) is 42.5 Å². The molecule has 2 aromatic carbocycles. The van der Waals surface area contributed by atoms with Crippen molar-refractivity contribution in [3.8, 4) is 0 Å². The summed E-state index contributed by atoms with van der Waals surface area (Å²) in [6.07, 6.45) is 1.81. The Kier molecular flexibility index (Phi) is 4.89. The average molecular weight is 391 g/mol. The minimum Gasteiger partial charge on any atom is -0.376 e. The molecular weight excluding hydrogens is 375 g/mol. The molecule has 4 nitrogen and oxygen atoms in total. The monoisotopic (exact) mass is 390 g/mol. The molecule has 1 atom stereocenters. The van der Waals surface area contributed by atoms with Gasteiger partial charge < -0.3 is 4.74 Å². The minimum atomic E-state index is -0.444. The maximum absolute atomic E-state index is 13.6. The molecule has 3 aromatic rings. The van der Waals surface area contributed by atoms with Crippen molar-refractivity contribution >= 4 is 44.2 Å². The summed E-state index contributed by atoms with van der Waals surface area (Å²) in [4.78, 5) is 19.2. The van der Waals surface area contributed by atoms with E-state index in [-0.39, 0.29) is 17.6 Å². The Balaban J connectivity index is 1.73. The molecule has 1 aliphatic rings. The third kappa shape index (κ3) is 3.45. The van der Waals surface area contributed by atoms with Crippen LogP contribution in [0.5, 0.6) is 0 Å². The van der Waals surface area contributed by atoms with Crippen molar-refractivity contribution in [1.82, 2.24) is 4.98 Å². The molecule has 1 amide bonds. The Bertz CT molecular complexity index is 956. The maximum atomic E-state index is 13.6. The largest absolute Gasteiger partial charge is 0.376 e. The van der Waals surface area contributed by atoms with Crippen LogP contribution in [0.3, 0.4) is 0 Å². The van der Waals surface area contributed by atoms with Crippen LogP contribution in [-0.4, -0.2) is 30.1 Å². The zero-order valence-corrected chi connectivity index (χ0v) is 15.4. The lowest BCUT2D eigenvalue weighted by Gasteiger charge is -2.23. The van der Waals surface area contributed by atoms with Gasteiger partial charge in [-0.1, -0.05) is 35.1 Å². The van der Waals surface area contributed by atoms with Crippen LogP contribution in [0.1, 0.15) is 23.2 Å². The molecule has 1 fully saturated rings. The first-order chi connectivity index (χ1) is 12.6. The summed E-state index contributed by atoms with van der Waals surface area (Å²) >= 11 is 7.62. The molecule has 1 aromatic heterocycles. The number of ether oxygens (including phenoxy) is 1. The fourth-order valence-corrected chi connectivity index (χ4v) is 4.31. The highest BCUT2D eigenvalue weighted by Crippen LogP contribution is 2.34. The van der Waals surface area contributed by atoms with E-state index in [1.54, 1.807) is 17.0 Å². The molecule has 0 bridgehead atoms. The summed E-state index contributed by atoms with van der Waals surface area (Å²) in [6, 6.07) is 11.2. The number of benzene rings is 2. The van der Waals surface area contributed by atoms with Crippen molar-refractivity contribution in [3.05, 3.63) is 58.9 Å². The maximum Gasteiger partial charge on any atom is 0.260 e. The van der Waals surface area contributed by atoms with E-state index in [2.05, 4.69) is 4.98 Å². The van der Waals surface area contributed by atoms with Gasteiger partial charge >= 0.3 is 0 Å². The highest BCUT2D eigenvalue weighted by atomic mass is 35.5. The van der Waals surface area contributed by atoms with Crippen molar-refractivity contribution < 1.29 is 13.9 Å². The molecule has 7 heteroatoms. The van der Waals surface area contributed by atoms with Gasteiger partial charge in [0.05, 0.1) is 22.4 Å². The first kappa shape index (κ1) is 17.4. The number of fused-ring (bicyclic) bond motifs is 1. The molecule has 2 heterocycles. The molecule has 1 aliphatic heterocycles. The summed E-state index contributed by atoms with van der Waals surface area (Å²) in [5, 5.41) is 1.08. The number of thiazole rings is 1. The lowest BCUT2D eigenvalue weighted by molar-refractivity contribution is 0.0917. The number of anilines is 1. The zero-order chi connectivity index (χ0) is 18.1. The van der Waals surface area contributed by atoms with Gasteiger partial charge in [-0.3, -0.25) is 9.69 Å². The van der Waals surface area contributed by atoms with E-state index in [0.717, 1.165) is 17.5 Å². The first-order valence-electron chi connectivity index (χ1n) is 8.36. The lowest BCUT2D eigenvalue weighted by atomic mass is 10.1. The SMILES string of the molecule is O=C(c1cccc(F)c1)N(CC1CCCO1)c1nc2c(Cl)cccc2s1. The number of carbonyl (C=O) groups is 1. The molecule has 0 spiro atoms. The minimum absolute atomic E-state index is 0.0463. The van der Waals surface area contributed by atoms with Crippen LogP contribution in [-0.2, 0) is 4.74 Å². The Labute approximate surface area is 159 Å². The summed E-state index contributed by atoms with van der Waals surface area (Å²) in [5.41, 5.74) is 0.951. The van der Waals surface area contributed by atoms with E-state index < -0.39 is 5.82 Å². The van der Waals surface area contributed by atoms with Gasteiger partial charge in [-0.25, -0.2) is 9.37 Å². The van der Waals surface area contributed by atoms with Gasteiger partial charge in [0.1, 0.15) is 11.3 Å². The van der Waals surface area contributed by atoms with Gasteiger partial charge in [0.2, 0.25) is 0 Å². The summed E-state index contributed by atoms with van der Waals surface area (Å²) in [6.45, 7) is 1.07. The zero-order valence-electron chi connectivity index (χ0n) is 13.8. The van der Waals surface area contributed by atoms with Crippen LogP contribution in [0.2, 0.25) is 5.02 Å². The van der Waals surface area contributed by atoms with E-state index in [1.165, 1.54) is 29.5 Å². The number of nitrogens with zero attached hydrogens (tertiary/aromatic N) is 2. The molecule has 1 unspecified atom stereocenters. The topological polar surface area (TPSA) is 42.4 Å². The van der Waals surface area contributed by atoms with Gasteiger partial charge in [0.15, 0.2) is 5.13 Å². The standard InChI is InChI=1S/C19H16ClFN2O2S/c20-15-7-2-8-16-17(15)22-19(26-16)23(11-14-6-3-9-25-14)18(24)12-4-1-5-13(21)10-12/h1-2,4-5,7-8,10,14H,3,6,9,11H2. The van der Waals surface area contributed by atoms with Crippen molar-refractivity contribution in [1.29, 1.82) is 0 Å². The highest BCUT2D eigenvalue weighted by Gasteiger charge is 2.27. The summed E-state index contributed by atoms with van der Waals surface area (Å²) in [5.74, 6) is -0.740. The van der Waals surface area contributed by atoms with Gasteiger partial charge in [-0.15, -0.1) is 0 Å². The number of carbonyl (C=O) groups excluding carboxylic acids is 1. The van der Waals surface area contributed by atoms with Crippen molar-refractivity contribution in [2.45, 2.75) is 18.9 Å². The summed E-state index contributed by atoms with van der Waals surface area (Å²) in [7, 11) is 0. The van der Waals surface area contributed by atoms with E-state index in [9.17, 15) is 9.18 Å². The van der Waals surface area contributed by atoms with Crippen molar-refractivity contribution in [3.63, 3.8) is 0 Å². The van der Waals surface area contributed by atoms with Crippen LogP contribution in [0.4, 0.5) is 9.52 Å². The second-order valence-corrected chi connectivity index (χ2v) is 7.56. The van der Waals surface area contributed by atoms with Crippen LogP contribution < -0.4 is 4.90 Å². The number of hydrogen-bond donors (Lipinski definition) is 0. The first-order valence-corrected chi connectivity index (χ1v) is 9.55.